The van der Waals surface area contributed by atoms with E-state index in [9.17, 15) is 9.59 Å². The van der Waals surface area contributed by atoms with Crippen LogP contribution in [0.3, 0.4) is 0 Å². The molecule has 1 aromatic rings. The van der Waals surface area contributed by atoms with Gasteiger partial charge in [0.2, 0.25) is 11.8 Å². The van der Waals surface area contributed by atoms with Gasteiger partial charge in [0.15, 0.2) is 0 Å². The smallest absolute Gasteiger partial charge is 0.236 e. The normalized spacial score (nSPS) is 24.7. The van der Waals surface area contributed by atoms with Gasteiger partial charge in [0.1, 0.15) is 17.6 Å². The molecule has 0 spiro atoms. The number of likely N-dealkylation sites (tertiary alicyclic amines) is 1. The Morgan fingerprint density at radius 3 is 2.71 bits per heavy atom. The maximum Gasteiger partial charge on any atom is 0.236 e. The SMILES string of the molecule is COc1ccc2c(c1)O[C@H](C)CN(CC(=O)N1CCC[C@H](C(=O)N3CCOCC3)C1)C2. The third-order valence-corrected chi connectivity index (χ3v) is 6.32. The number of methoxy groups -OCH3 is 1. The van der Waals surface area contributed by atoms with Crippen LogP contribution in [0.15, 0.2) is 18.2 Å². The predicted molar refractivity (Wildman–Crippen MR) is 115 cm³/mol. The summed E-state index contributed by atoms with van der Waals surface area (Å²) in [5.74, 6) is 1.73. The Bertz CT molecular complexity index is 795. The number of rotatable bonds is 4. The van der Waals surface area contributed by atoms with Crippen LogP contribution in [0, 0.1) is 5.92 Å². The molecule has 0 aromatic heterocycles. The summed E-state index contributed by atoms with van der Waals surface area (Å²) in [5.41, 5.74) is 1.05. The number of fused-ring (bicyclic) bond motifs is 1. The number of nitrogens with zero attached hydrogens (tertiary/aromatic N) is 3. The Balaban J connectivity index is 1.37. The van der Waals surface area contributed by atoms with E-state index in [-0.39, 0.29) is 23.8 Å². The van der Waals surface area contributed by atoms with Gasteiger partial charge in [-0.05, 0) is 25.8 Å². The molecule has 2 atom stereocenters. The standard InChI is InChI=1S/C23H33N3O5/c1-17-13-24(14-18-5-6-20(29-2)12-21(18)31-17)16-22(27)26-7-3-4-19(15-26)23(28)25-8-10-30-11-9-25/h5-6,12,17,19H,3-4,7-11,13-16H2,1-2H3/t17-,19+/m1/s1. The van der Waals surface area contributed by atoms with Crippen molar-refractivity contribution < 1.29 is 23.8 Å². The summed E-state index contributed by atoms with van der Waals surface area (Å²) in [4.78, 5) is 31.9. The zero-order valence-electron chi connectivity index (χ0n) is 18.5. The number of ether oxygens (including phenoxy) is 3. The first-order chi connectivity index (χ1) is 15.0. The van der Waals surface area contributed by atoms with Crippen molar-refractivity contribution in [2.45, 2.75) is 32.4 Å². The summed E-state index contributed by atoms with van der Waals surface area (Å²) in [6.07, 6.45) is 1.69. The summed E-state index contributed by atoms with van der Waals surface area (Å²) in [6, 6.07) is 5.83. The molecule has 2 amide bonds. The van der Waals surface area contributed by atoms with Gasteiger partial charge in [0.05, 0.1) is 32.8 Å². The minimum absolute atomic E-state index is 0.0295. The fourth-order valence-electron chi connectivity index (χ4n) is 4.68. The van der Waals surface area contributed by atoms with Gasteiger partial charge in [-0.2, -0.15) is 0 Å². The second kappa shape index (κ2) is 9.87. The molecule has 0 N–H and O–H groups in total. The van der Waals surface area contributed by atoms with Crippen LogP contribution < -0.4 is 9.47 Å². The van der Waals surface area contributed by atoms with E-state index in [2.05, 4.69) is 4.90 Å². The van der Waals surface area contributed by atoms with Gasteiger partial charge in [-0.25, -0.2) is 0 Å². The fraction of sp³-hybridized carbons (Fsp3) is 0.652. The first-order valence-electron chi connectivity index (χ1n) is 11.2. The van der Waals surface area contributed by atoms with Crippen LogP contribution in [0.1, 0.15) is 25.3 Å². The highest BCUT2D eigenvalue weighted by molar-refractivity contribution is 5.82. The Hall–Kier alpha value is -2.32. The summed E-state index contributed by atoms with van der Waals surface area (Å²) >= 11 is 0. The molecule has 4 rings (SSSR count). The van der Waals surface area contributed by atoms with Gasteiger partial charge >= 0.3 is 0 Å². The number of piperidine rings is 1. The van der Waals surface area contributed by atoms with Gasteiger partial charge in [0.25, 0.3) is 0 Å². The molecule has 31 heavy (non-hydrogen) atoms. The quantitative estimate of drug-likeness (QED) is 0.717. The molecule has 0 saturated carbocycles. The summed E-state index contributed by atoms with van der Waals surface area (Å²) in [7, 11) is 1.64. The molecule has 3 aliphatic heterocycles. The lowest BCUT2D eigenvalue weighted by molar-refractivity contribution is -0.144. The second-order valence-corrected chi connectivity index (χ2v) is 8.69. The average molecular weight is 432 g/mol. The van der Waals surface area contributed by atoms with Gasteiger partial charge < -0.3 is 24.0 Å². The Labute approximate surface area is 184 Å². The van der Waals surface area contributed by atoms with E-state index in [1.54, 1.807) is 7.11 Å². The minimum atomic E-state index is -0.101. The van der Waals surface area contributed by atoms with Crippen LogP contribution >= 0.6 is 0 Å². The largest absolute Gasteiger partial charge is 0.497 e. The zero-order valence-corrected chi connectivity index (χ0v) is 18.5. The van der Waals surface area contributed by atoms with E-state index >= 15 is 0 Å². The molecule has 0 bridgehead atoms. The summed E-state index contributed by atoms with van der Waals surface area (Å²) in [5, 5.41) is 0. The van der Waals surface area contributed by atoms with Crippen molar-refractivity contribution in [3.63, 3.8) is 0 Å². The maximum absolute atomic E-state index is 13.1. The molecule has 0 aliphatic carbocycles. The Morgan fingerprint density at radius 2 is 1.94 bits per heavy atom. The summed E-state index contributed by atoms with van der Waals surface area (Å²) < 4.78 is 16.7. The fourth-order valence-corrected chi connectivity index (χ4v) is 4.68. The monoisotopic (exact) mass is 431 g/mol. The summed E-state index contributed by atoms with van der Waals surface area (Å²) in [6.45, 7) is 7.42. The Morgan fingerprint density at radius 1 is 1.13 bits per heavy atom. The molecule has 3 aliphatic rings. The average Bonchev–Trinajstić information content (AvgIpc) is 2.95. The van der Waals surface area contributed by atoms with Crippen molar-refractivity contribution in [2.75, 3.05) is 59.6 Å². The molecule has 170 valence electrons. The number of hydrogen-bond acceptors (Lipinski definition) is 6. The molecule has 0 unspecified atom stereocenters. The molecule has 3 heterocycles. The molecule has 0 radical (unpaired) electrons. The highest BCUT2D eigenvalue weighted by Gasteiger charge is 2.33. The molecule has 1 aromatic carbocycles. The Kier molecular flexibility index (Phi) is 6.97. The molecular formula is C23H33N3O5. The molecular weight excluding hydrogens is 398 g/mol. The lowest BCUT2D eigenvalue weighted by atomic mass is 9.96. The van der Waals surface area contributed by atoms with E-state index in [1.165, 1.54) is 0 Å². The predicted octanol–water partition coefficient (Wildman–Crippen LogP) is 1.38. The van der Waals surface area contributed by atoms with Crippen LogP contribution in [0.25, 0.3) is 0 Å². The van der Waals surface area contributed by atoms with Crippen LogP contribution in [0.2, 0.25) is 0 Å². The van der Waals surface area contributed by atoms with Crippen molar-refractivity contribution in [3.05, 3.63) is 23.8 Å². The minimum Gasteiger partial charge on any atom is -0.497 e. The first-order valence-corrected chi connectivity index (χ1v) is 11.2. The third-order valence-electron chi connectivity index (χ3n) is 6.32. The van der Waals surface area contributed by atoms with Gasteiger partial charge in [-0.1, -0.05) is 6.07 Å². The number of benzene rings is 1. The van der Waals surface area contributed by atoms with Gasteiger partial charge in [-0.3, -0.25) is 14.5 Å². The van der Waals surface area contributed by atoms with Crippen molar-refractivity contribution in [3.8, 4) is 11.5 Å². The van der Waals surface area contributed by atoms with Crippen molar-refractivity contribution in [1.29, 1.82) is 0 Å². The highest BCUT2D eigenvalue weighted by atomic mass is 16.5. The van der Waals surface area contributed by atoms with Crippen LogP contribution in [0.5, 0.6) is 11.5 Å². The van der Waals surface area contributed by atoms with Crippen LogP contribution in [-0.2, 0) is 20.9 Å². The van der Waals surface area contributed by atoms with Crippen molar-refractivity contribution in [1.82, 2.24) is 14.7 Å². The lowest BCUT2D eigenvalue weighted by Crippen LogP contribution is -2.51. The number of morpholine rings is 1. The van der Waals surface area contributed by atoms with Gasteiger partial charge in [-0.15, -0.1) is 0 Å². The number of hydrogen-bond donors (Lipinski definition) is 0. The number of amides is 2. The van der Waals surface area contributed by atoms with Crippen LogP contribution in [0.4, 0.5) is 0 Å². The topological polar surface area (TPSA) is 71.6 Å². The van der Waals surface area contributed by atoms with E-state index < -0.39 is 0 Å². The number of carbonyl (C=O) groups excluding carboxylic acids is 2. The van der Waals surface area contributed by atoms with E-state index in [0.29, 0.717) is 52.5 Å². The van der Waals surface area contributed by atoms with E-state index in [0.717, 1.165) is 36.4 Å². The van der Waals surface area contributed by atoms with Crippen molar-refractivity contribution >= 4 is 11.8 Å². The maximum atomic E-state index is 13.1. The first kappa shape index (κ1) is 21.9. The molecule has 2 saturated heterocycles. The molecule has 2 fully saturated rings. The second-order valence-electron chi connectivity index (χ2n) is 8.69. The van der Waals surface area contributed by atoms with E-state index in [1.807, 2.05) is 34.9 Å². The van der Waals surface area contributed by atoms with Gasteiger partial charge in [0, 0.05) is 50.9 Å². The lowest BCUT2D eigenvalue weighted by Gasteiger charge is -2.37. The van der Waals surface area contributed by atoms with E-state index in [4.69, 9.17) is 14.2 Å². The molecule has 8 heteroatoms. The highest BCUT2D eigenvalue weighted by Crippen LogP contribution is 2.29. The van der Waals surface area contributed by atoms with Crippen molar-refractivity contribution in [2.24, 2.45) is 5.92 Å². The molecule has 8 nitrogen and oxygen atoms in total. The third kappa shape index (κ3) is 5.30. The zero-order chi connectivity index (χ0) is 21.8. The van der Waals surface area contributed by atoms with Crippen LogP contribution in [-0.4, -0.2) is 92.2 Å². The number of carbonyl (C=O) groups is 2.